The zero-order valence-electron chi connectivity index (χ0n) is 16.0. The van der Waals surface area contributed by atoms with Crippen LogP contribution in [0.25, 0.3) is 0 Å². The third-order valence-corrected chi connectivity index (χ3v) is 4.74. The molecule has 6 nitrogen and oxygen atoms in total. The Morgan fingerprint density at radius 1 is 0.963 bits per heavy atom. The molecule has 1 aliphatic heterocycles. The van der Waals surface area contributed by atoms with E-state index in [9.17, 15) is 4.79 Å². The van der Waals surface area contributed by atoms with Gasteiger partial charge in [0, 0.05) is 19.6 Å². The summed E-state index contributed by atoms with van der Waals surface area (Å²) in [6.45, 7) is 8.42. The molecule has 27 heavy (non-hydrogen) atoms. The Morgan fingerprint density at radius 2 is 1.67 bits per heavy atom. The summed E-state index contributed by atoms with van der Waals surface area (Å²) < 4.78 is 10.7. The highest BCUT2D eigenvalue weighted by molar-refractivity contribution is 5.73. The molecule has 2 amide bonds. The Kier molecular flexibility index (Phi) is 6.54. The summed E-state index contributed by atoms with van der Waals surface area (Å²) in [6, 6.07) is 13.7. The molecule has 1 aliphatic rings. The molecule has 0 fully saturated rings. The molecule has 3 rings (SSSR count). The molecule has 2 aromatic rings. The number of nitrogens with zero attached hydrogens (tertiary/aromatic N) is 1. The van der Waals surface area contributed by atoms with Crippen LogP contribution in [-0.2, 0) is 19.6 Å². The van der Waals surface area contributed by atoms with Crippen LogP contribution in [0.4, 0.5) is 4.79 Å². The van der Waals surface area contributed by atoms with Crippen LogP contribution in [0, 0.1) is 0 Å². The second kappa shape index (κ2) is 9.28. The third kappa shape index (κ3) is 5.14. The quantitative estimate of drug-likeness (QED) is 0.750. The van der Waals surface area contributed by atoms with Crippen molar-refractivity contribution >= 4 is 6.03 Å². The van der Waals surface area contributed by atoms with E-state index < -0.39 is 0 Å². The molecular weight excluding hydrogens is 342 g/mol. The van der Waals surface area contributed by atoms with Gasteiger partial charge in [0.05, 0.1) is 0 Å². The van der Waals surface area contributed by atoms with Crippen molar-refractivity contribution in [2.75, 3.05) is 19.9 Å². The van der Waals surface area contributed by atoms with Gasteiger partial charge in [-0.3, -0.25) is 4.90 Å². The fourth-order valence-corrected chi connectivity index (χ4v) is 3.04. The number of amides is 2. The van der Waals surface area contributed by atoms with Gasteiger partial charge in [-0.1, -0.05) is 44.2 Å². The molecule has 0 saturated carbocycles. The van der Waals surface area contributed by atoms with Crippen molar-refractivity contribution in [3.05, 3.63) is 59.2 Å². The van der Waals surface area contributed by atoms with Crippen LogP contribution in [0.2, 0.25) is 0 Å². The van der Waals surface area contributed by atoms with Crippen LogP contribution in [0.15, 0.2) is 42.5 Å². The van der Waals surface area contributed by atoms with E-state index in [1.165, 1.54) is 5.56 Å². The van der Waals surface area contributed by atoms with E-state index >= 15 is 0 Å². The number of nitrogens with one attached hydrogen (secondary N) is 2. The van der Waals surface area contributed by atoms with Crippen molar-refractivity contribution in [3.8, 4) is 11.5 Å². The van der Waals surface area contributed by atoms with Crippen LogP contribution in [0.1, 0.15) is 30.5 Å². The highest BCUT2D eigenvalue weighted by Crippen LogP contribution is 2.32. The molecule has 0 saturated heterocycles. The lowest BCUT2D eigenvalue weighted by Crippen LogP contribution is -2.35. The maximum absolute atomic E-state index is 12.2. The van der Waals surface area contributed by atoms with Gasteiger partial charge in [0.15, 0.2) is 11.5 Å². The summed E-state index contributed by atoms with van der Waals surface area (Å²) in [6.07, 6.45) is 0. The maximum atomic E-state index is 12.2. The lowest BCUT2D eigenvalue weighted by atomic mass is 10.1. The average molecular weight is 369 g/mol. The second-order valence-electron chi connectivity index (χ2n) is 6.45. The van der Waals surface area contributed by atoms with E-state index in [0.717, 1.165) is 42.3 Å². The lowest BCUT2D eigenvalue weighted by molar-refractivity contribution is 0.174. The molecule has 1 heterocycles. The first-order valence-electron chi connectivity index (χ1n) is 9.39. The number of carbonyl (C=O) groups is 1. The average Bonchev–Trinajstić information content (AvgIpc) is 3.17. The number of rotatable bonds is 8. The van der Waals surface area contributed by atoms with Crippen molar-refractivity contribution in [1.29, 1.82) is 0 Å². The molecule has 2 N–H and O–H groups in total. The first kappa shape index (κ1) is 19.0. The zero-order chi connectivity index (χ0) is 19.1. The number of benzene rings is 2. The Hall–Kier alpha value is -2.73. The molecule has 2 aromatic carbocycles. The molecule has 0 aliphatic carbocycles. The number of urea groups is 1. The van der Waals surface area contributed by atoms with Gasteiger partial charge in [-0.25, -0.2) is 4.79 Å². The van der Waals surface area contributed by atoms with E-state index in [-0.39, 0.29) is 12.8 Å². The number of ether oxygens (including phenoxy) is 2. The Morgan fingerprint density at radius 3 is 2.44 bits per heavy atom. The van der Waals surface area contributed by atoms with Crippen molar-refractivity contribution in [2.24, 2.45) is 0 Å². The monoisotopic (exact) mass is 369 g/mol. The van der Waals surface area contributed by atoms with Crippen molar-refractivity contribution in [2.45, 2.75) is 33.5 Å². The molecule has 0 unspecified atom stereocenters. The van der Waals surface area contributed by atoms with Gasteiger partial charge in [-0.15, -0.1) is 0 Å². The molecule has 0 spiro atoms. The van der Waals surface area contributed by atoms with E-state index in [4.69, 9.17) is 9.47 Å². The fraction of sp³-hybridized carbons (Fsp3) is 0.381. The summed E-state index contributed by atoms with van der Waals surface area (Å²) in [5.41, 5.74) is 3.36. The Bertz CT molecular complexity index is 775. The van der Waals surface area contributed by atoms with Crippen molar-refractivity contribution in [1.82, 2.24) is 15.5 Å². The van der Waals surface area contributed by atoms with Crippen molar-refractivity contribution < 1.29 is 14.3 Å². The SMILES string of the molecule is CCN(CC)Cc1ccccc1CNC(=O)NCc1ccc2c(c1)OCO2. The van der Waals surface area contributed by atoms with Gasteiger partial charge in [0.1, 0.15) is 0 Å². The summed E-state index contributed by atoms with van der Waals surface area (Å²) in [5.74, 6) is 1.47. The van der Waals surface area contributed by atoms with Gasteiger partial charge >= 0.3 is 6.03 Å². The normalized spacial score (nSPS) is 12.3. The molecule has 6 heteroatoms. The predicted octanol–water partition coefficient (Wildman–Crippen LogP) is 3.26. The first-order chi connectivity index (χ1) is 13.2. The summed E-state index contributed by atoms with van der Waals surface area (Å²) >= 11 is 0. The minimum atomic E-state index is -0.190. The van der Waals surface area contributed by atoms with Crippen LogP contribution in [-0.4, -0.2) is 30.8 Å². The van der Waals surface area contributed by atoms with E-state index in [1.807, 2.05) is 30.3 Å². The molecule has 144 valence electrons. The topological polar surface area (TPSA) is 62.8 Å². The molecule has 0 atom stereocenters. The van der Waals surface area contributed by atoms with Crippen LogP contribution in [0.3, 0.4) is 0 Å². The smallest absolute Gasteiger partial charge is 0.315 e. The summed E-state index contributed by atoms with van der Waals surface area (Å²) in [7, 11) is 0. The summed E-state index contributed by atoms with van der Waals surface area (Å²) in [5, 5.41) is 5.83. The second-order valence-corrected chi connectivity index (χ2v) is 6.45. The molecule has 0 aromatic heterocycles. The zero-order valence-corrected chi connectivity index (χ0v) is 16.0. The summed E-state index contributed by atoms with van der Waals surface area (Å²) in [4.78, 5) is 14.5. The third-order valence-electron chi connectivity index (χ3n) is 4.74. The minimum absolute atomic E-state index is 0.190. The number of hydrogen-bond donors (Lipinski definition) is 2. The molecular formula is C21H27N3O3. The van der Waals surface area contributed by atoms with Gasteiger partial charge in [0.2, 0.25) is 6.79 Å². The fourth-order valence-electron chi connectivity index (χ4n) is 3.04. The number of carbonyl (C=O) groups excluding carboxylic acids is 1. The van der Waals surface area contributed by atoms with Gasteiger partial charge in [-0.05, 0) is 41.9 Å². The predicted molar refractivity (Wildman–Crippen MR) is 105 cm³/mol. The van der Waals surface area contributed by atoms with Crippen LogP contribution < -0.4 is 20.1 Å². The maximum Gasteiger partial charge on any atom is 0.315 e. The molecule has 0 radical (unpaired) electrons. The van der Waals surface area contributed by atoms with E-state index in [0.29, 0.717) is 13.1 Å². The first-order valence-corrected chi connectivity index (χ1v) is 9.39. The molecule has 0 bridgehead atoms. The minimum Gasteiger partial charge on any atom is -0.454 e. The highest BCUT2D eigenvalue weighted by atomic mass is 16.7. The number of hydrogen-bond acceptors (Lipinski definition) is 4. The highest BCUT2D eigenvalue weighted by Gasteiger charge is 2.13. The van der Waals surface area contributed by atoms with Crippen LogP contribution >= 0.6 is 0 Å². The van der Waals surface area contributed by atoms with Crippen molar-refractivity contribution in [3.63, 3.8) is 0 Å². The standard InChI is InChI=1S/C21H27N3O3/c1-3-24(4-2)14-18-8-6-5-7-17(18)13-23-21(25)22-12-16-9-10-19-20(11-16)27-15-26-19/h5-11H,3-4,12-15H2,1-2H3,(H2,22,23,25). The Balaban J connectivity index is 1.50. The number of fused-ring (bicyclic) bond motifs is 1. The lowest BCUT2D eigenvalue weighted by Gasteiger charge is -2.20. The van der Waals surface area contributed by atoms with E-state index in [1.54, 1.807) is 0 Å². The van der Waals surface area contributed by atoms with E-state index in [2.05, 4.69) is 41.5 Å². The van der Waals surface area contributed by atoms with Gasteiger partial charge in [0.25, 0.3) is 0 Å². The Labute approximate surface area is 160 Å². The van der Waals surface area contributed by atoms with Gasteiger partial charge in [-0.2, -0.15) is 0 Å². The van der Waals surface area contributed by atoms with Crippen LogP contribution in [0.5, 0.6) is 11.5 Å². The largest absolute Gasteiger partial charge is 0.454 e. The van der Waals surface area contributed by atoms with Gasteiger partial charge < -0.3 is 20.1 Å².